The van der Waals surface area contributed by atoms with Crippen LogP contribution < -0.4 is 16.6 Å². The Morgan fingerprint density at radius 3 is 2.77 bits per heavy atom. The van der Waals surface area contributed by atoms with E-state index in [1.807, 2.05) is 13.0 Å². The van der Waals surface area contributed by atoms with E-state index < -0.39 is 5.41 Å². The van der Waals surface area contributed by atoms with Crippen LogP contribution in [0.2, 0.25) is 0 Å². The smallest absolute Gasteiger partial charge is 0.251 e. The number of pyridine rings is 1. The van der Waals surface area contributed by atoms with Crippen LogP contribution in [0, 0.1) is 5.41 Å². The summed E-state index contributed by atoms with van der Waals surface area (Å²) in [6.45, 7) is 3.42. The molecule has 1 aliphatic heterocycles. The van der Waals surface area contributed by atoms with Crippen LogP contribution in [-0.2, 0) is 16.0 Å². The topological polar surface area (TPSA) is 123 Å². The first-order valence-electron chi connectivity index (χ1n) is 8.70. The minimum Gasteiger partial charge on any atom is -0.381 e. The number of primary amides is 1. The van der Waals surface area contributed by atoms with Crippen LogP contribution in [0.3, 0.4) is 0 Å². The van der Waals surface area contributed by atoms with Crippen molar-refractivity contribution in [3.05, 3.63) is 40.4 Å². The molecule has 8 heteroatoms. The highest BCUT2D eigenvalue weighted by atomic mass is 16.5. The number of hydrogen-bond acceptors (Lipinski definition) is 6. The van der Waals surface area contributed by atoms with E-state index >= 15 is 0 Å². The Labute approximate surface area is 151 Å². The molecule has 2 aromatic rings. The van der Waals surface area contributed by atoms with Gasteiger partial charge in [0, 0.05) is 43.3 Å². The minimum absolute atomic E-state index is 0.183. The number of ether oxygens (including phenoxy) is 1. The Morgan fingerprint density at radius 1 is 1.38 bits per heavy atom. The number of H-pyrrole nitrogens is 1. The lowest BCUT2D eigenvalue weighted by molar-refractivity contribution is -0.132. The lowest BCUT2D eigenvalue weighted by Gasteiger charge is -2.34. The van der Waals surface area contributed by atoms with Crippen molar-refractivity contribution < 1.29 is 9.53 Å². The molecule has 0 radical (unpaired) electrons. The molecule has 0 unspecified atom stereocenters. The highest BCUT2D eigenvalue weighted by molar-refractivity contribution is 5.81. The Balaban J connectivity index is 1.73. The monoisotopic (exact) mass is 357 g/mol. The van der Waals surface area contributed by atoms with E-state index in [9.17, 15) is 9.59 Å². The number of amides is 1. The first-order chi connectivity index (χ1) is 12.5. The third-order valence-electron chi connectivity index (χ3n) is 4.77. The third kappa shape index (κ3) is 3.91. The van der Waals surface area contributed by atoms with Crippen molar-refractivity contribution in [1.82, 2.24) is 15.0 Å². The molecule has 26 heavy (non-hydrogen) atoms. The molecule has 3 heterocycles. The van der Waals surface area contributed by atoms with Crippen LogP contribution >= 0.6 is 0 Å². The summed E-state index contributed by atoms with van der Waals surface area (Å²) in [6.07, 6.45) is 3.52. The molecular formula is C18H23N5O3. The zero-order valence-electron chi connectivity index (χ0n) is 14.7. The molecule has 0 aromatic carbocycles. The number of aromatic amines is 1. The third-order valence-corrected chi connectivity index (χ3v) is 4.77. The van der Waals surface area contributed by atoms with Crippen LogP contribution in [-0.4, -0.2) is 40.6 Å². The summed E-state index contributed by atoms with van der Waals surface area (Å²) in [7, 11) is 0. The summed E-state index contributed by atoms with van der Waals surface area (Å²) >= 11 is 0. The molecule has 0 aliphatic carbocycles. The number of nitrogens with one attached hydrogen (secondary N) is 2. The molecule has 2 aromatic heterocycles. The lowest BCUT2D eigenvalue weighted by atomic mass is 9.79. The predicted molar refractivity (Wildman–Crippen MR) is 97.6 cm³/mol. The summed E-state index contributed by atoms with van der Waals surface area (Å²) in [5, 5.41) is 3.19. The zero-order chi connectivity index (χ0) is 18.6. The minimum atomic E-state index is -0.610. The van der Waals surface area contributed by atoms with Gasteiger partial charge < -0.3 is 20.8 Å². The van der Waals surface area contributed by atoms with Gasteiger partial charge in [-0.25, -0.2) is 9.97 Å². The van der Waals surface area contributed by atoms with Gasteiger partial charge in [-0.15, -0.1) is 0 Å². The van der Waals surface area contributed by atoms with Gasteiger partial charge in [-0.05, 0) is 31.4 Å². The molecule has 0 saturated carbocycles. The van der Waals surface area contributed by atoms with Crippen molar-refractivity contribution >= 4 is 11.7 Å². The second kappa shape index (κ2) is 7.65. The summed E-state index contributed by atoms with van der Waals surface area (Å²) in [6, 6.07) is 5.11. The van der Waals surface area contributed by atoms with E-state index in [4.69, 9.17) is 10.5 Å². The first kappa shape index (κ1) is 18.1. The van der Waals surface area contributed by atoms with Gasteiger partial charge in [0.25, 0.3) is 5.56 Å². The van der Waals surface area contributed by atoms with Crippen LogP contribution in [0.5, 0.6) is 0 Å². The molecular weight excluding hydrogens is 334 g/mol. The van der Waals surface area contributed by atoms with Gasteiger partial charge in [0.05, 0.1) is 5.41 Å². The highest BCUT2D eigenvalue weighted by Crippen LogP contribution is 2.30. The zero-order valence-corrected chi connectivity index (χ0v) is 14.7. The molecule has 0 spiro atoms. The van der Waals surface area contributed by atoms with Crippen LogP contribution in [0.25, 0.3) is 11.4 Å². The fourth-order valence-corrected chi connectivity index (χ4v) is 3.00. The van der Waals surface area contributed by atoms with Gasteiger partial charge in [-0.1, -0.05) is 6.92 Å². The Morgan fingerprint density at radius 2 is 2.15 bits per heavy atom. The quantitative estimate of drug-likeness (QED) is 0.711. The molecule has 1 amide bonds. The SMILES string of the molecule is CCc1cc(=O)[nH]c(-c2ccc(NCC3(C(N)=O)CCOCC3)nc2)n1. The number of anilines is 1. The normalized spacial score (nSPS) is 16.2. The molecule has 0 bridgehead atoms. The molecule has 1 aliphatic rings. The van der Waals surface area contributed by atoms with E-state index in [2.05, 4.69) is 20.3 Å². The molecule has 1 fully saturated rings. The van der Waals surface area contributed by atoms with Gasteiger partial charge >= 0.3 is 0 Å². The second-order valence-electron chi connectivity index (χ2n) is 6.48. The number of nitrogens with two attached hydrogens (primary N) is 1. The molecule has 3 rings (SSSR count). The van der Waals surface area contributed by atoms with Crippen molar-refractivity contribution in [3.63, 3.8) is 0 Å². The van der Waals surface area contributed by atoms with E-state index in [1.165, 1.54) is 6.07 Å². The van der Waals surface area contributed by atoms with E-state index in [0.717, 1.165) is 11.3 Å². The summed E-state index contributed by atoms with van der Waals surface area (Å²) in [5.41, 5.74) is 6.27. The average Bonchev–Trinajstić information content (AvgIpc) is 2.67. The van der Waals surface area contributed by atoms with Crippen LogP contribution in [0.4, 0.5) is 5.82 Å². The Bertz CT molecular complexity index is 825. The molecule has 138 valence electrons. The summed E-state index contributed by atoms with van der Waals surface area (Å²) < 4.78 is 5.33. The van der Waals surface area contributed by atoms with Crippen molar-refractivity contribution in [2.45, 2.75) is 26.2 Å². The Hall–Kier alpha value is -2.74. The number of rotatable bonds is 6. The highest BCUT2D eigenvalue weighted by Gasteiger charge is 2.38. The van der Waals surface area contributed by atoms with Crippen LogP contribution in [0.1, 0.15) is 25.5 Å². The Kier molecular flexibility index (Phi) is 5.32. The van der Waals surface area contributed by atoms with Crippen molar-refractivity contribution in [1.29, 1.82) is 0 Å². The van der Waals surface area contributed by atoms with E-state index in [-0.39, 0.29) is 11.5 Å². The largest absolute Gasteiger partial charge is 0.381 e. The van der Waals surface area contributed by atoms with Gasteiger partial charge in [0.15, 0.2) is 0 Å². The molecule has 0 atom stereocenters. The molecule has 4 N–H and O–H groups in total. The summed E-state index contributed by atoms with van der Waals surface area (Å²) in [4.78, 5) is 35.1. The molecule has 1 saturated heterocycles. The van der Waals surface area contributed by atoms with Gasteiger partial charge in [0.1, 0.15) is 11.6 Å². The average molecular weight is 357 g/mol. The van der Waals surface area contributed by atoms with Crippen molar-refractivity contribution in [3.8, 4) is 11.4 Å². The predicted octanol–water partition coefficient (Wildman–Crippen LogP) is 1.09. The fourth-order valence-electron chi connectivity index (χ4n) is 3.00. The van der Waals surface area contributed by atoms with E-state index in [0.29, 0.717) is 50.7 Å². The number of nitrogens with zero attached hydrogens (tertiary/aromatic N) is 2. The number of carbonyl (C=O) groups is 1. The van der Waals surface area contributed by atoms with E-state index in [1.54, 1.807) is 12.3 Å². The number of carbonyl (C=O) groups excluding carboxylic acids is 1. The van der Waals surface area contributed by atoms with Gasteiger partial charge in [-0.2, -0.15) is 0 Å². The number of hydrogen-bond donors (Lipinski definition) is 3. The van der Waals surface area contributed by atoms with Crippen LogP contribution in [0.15, 0.2) is 29.2 Å². The standard InChI is InChI=1S/C18H23N5O3/c1-2-13-9-15(24)23-16(22-13)12-3-4-14(20-10-12)21-11-18(17(19)25)5-7-26-8-6-18/h3-4,9-10H,2,5-8,11H2,1H3,(H2,19,25)(H,20,21)(H,22,23,24). The van der Waals surface area contributed by atoms with Gasteiger partial charge in [-0.3, -0.25) is 9.59 Å². The maximum absolute atomic E-state index is 11.9. The molecule has 8 nitrogen and oxygen atoms in total. The fraction of sp³-hybridized carbons (Fsp3) is 0.444. The van der Waals surface area contributed by atoms with Gasteiger partial charge in [0.2, 0.25) is 5.91 Å². The lowest BCUT2D eigenvalue weighted by Crippen LogP contribution is -2.46. The number of aryl methyl sites for hydroxylation is 1. The maximum atomic E-state index is 11.9. The second-order valence-corrected chi connectivity index (χ2v) is 6.48. The van der Waals surface area contributed by atoms with Crippen molar-refractivity contribution in [2.75, 3.05) is 25.1 Å². The van der Waals surface area contributed by atoms with Crippen molar-refractivity contribution in [2.24, 2.45) is 11.1 Å². The maximum Gasteiger partial charge on any atom is 0.251 e. The summed E-state index contributed by atoms with van der Waals surface area (Å²) in [5.74, 6) is 0.810. The first-order valence-corrected chi connectivity index (χ1v) is 8.70. The number of aromatic nitrogens is 3.